The predicted molar refractivity (Wildman–Crippen MR) is 76.6 cm³/mol. The molecule has 0 bridgehead atoms. The standard InChI is InChI=1S/C14H18BrNO3/c1-10(14(17)16-7-3-4-8-16)19-13-6-5-11(18-2)9-12(13)15/h5-6,9-10H,3-4,7-8H2,1-2H3. The van der Waals surface area contributed by atoms with Gasteiger partial charge in [0, 0.05) is 13.1 Å². The molecule has 0 aliphatic carbocycles. The molecule has 1 atom stereocenters. The SMILES string of the molecule is COc1ccc(OC(C)C(=O)N2CCCC2)c(Br)c1. The number of hydrogen-bond acceptors (Lipinski definition) is 3. The van der Waals surface area contributed by atoms with Crippen LogP contribution in [0.15, 0.2) is 22.7 Å². The van der Waals surface area contributed by atoms with Gasteiger partial charge in [-0.3, -0.25) is 4.79 Å². The van der Waals surface area contributed by atoms with Gasteiger partial charge in [-0.15, -0.1) is 0 Å². The summed E-state index contributed by atoms with van der Waals surface area (Å²) in [6.45, 7) is 3.48. The number of benzene rings is 1. The maximum atomic E-state index is 12.1. The molecule has 4 nitrogen and oxygen atoms in total. The minimum Gasteiger partial charge on any atom is -0.497 e. The number of likely N-dealkylation sites (tertiary alicyclic amines) is 1. The van der Waals surface area contributed by atoms with Gasteiger partial charge < -0.3 is 14.4 Å². The van der Waals surface area contributed by atoms with Crippen molar-refractivity contribution in [3.63, 3.8) is 0 Å². The van der Waals surface area contributed by atoms with Crippen LogP contribution in [0.4, 0.5) is 0 Å². The molecule has 0 radical (unpaired) electrons. The number of nitrogens with zero attached hydrogens (tertiary/aromatic N) is 1. The van der Waals surface area contributed by atoms with Crippen molar-refractivity contribution >= 4 is 21.8 Å². The Morgan fingerprint density at radius 1 is 1.37 bits per heavy atom. The fraction of sp³-hybridized carbons (Fsp3) is 0.500. The predicted octanol–water partition coefficient (Wildman–Crippen LogP) is 2.85. The molecule has 1 aliphatic heterocycles. The van der Waals surface area contributed by atoms with Gasteiger partial charge in [-0.2, -0.15) is 0 Å². The molecule has 1 saturated heterocycles. The number of ether oxygens (including phenoxy) is 2. The second kappa shape index (κ2) is 6.28. The molecule has 1 fully saturated rings. The zero-order chi connectivity index (χ0) is 13.8. The van der Waals surface area contributed by atoms with Crippen molar-refractivity contribution < 1.29 is 14.3 Å². The number of carbonyl (C=O) groups excluding carboxylic acids is 1. The fourth-order valence-corrected chi connectivity index (χ4v) is 2.59. The fourth-order valence-electron chi connectivity index (χ4n) is 2.14. The Balaban J connectivity index is 2.01. The number of methoxy groups -OCH3 is 1. The van der Waals surface area contributed by atoms with E-state index < -0.39 is 6.10 Å². The minimum absolute atomic E-state index is 0.0558. The summed E-state index contributed by atoms with van der Waals surface area (Å²) in [5.74, 6) is 1.46. The largest absolute Gasteiger partial charge is 0.497 e. The second-order valence-electron chi connectivity index (χ2n) is 4.59. The zero-order valence-corrected chi connectivity index (χ0v) is 12.8. The highest BCUT2D eigenvalue weighted by Gasteiger charge is 2.24. The molecule has 0 N–H and O–H groups in total. The van der Waals surface area contributed by atoms with Crippen molar-refractivity contribution in [1.29, 1.82) is 0 Å². The Bertz CT molecular complexity index is 458. The van der Waals surface area contributed by atoms with Crippen molar-refractivity contribution in [2.24, 2.45) is 0 Å². The molecule has 1 unspecified atom stereocenters. The van der Waals surface area contributed by atoms with E-state index in [4.69, 9.17) is 9.47 Å². The van der Waals surface area contributed by atoms with Gasteiger partial charge in [-0.1, -0.05) is 0 Å². The van der Waals surface area contributed by atoms with Crippen LogP contribution in [0.2, 0.25) is 0 Å². The summed E-state index contributed by atoms with van der Waals surface area (Å²) in [6.07, 6.45) is 1.71. The maximum Gasteiger partial charge on any atom is 0.263 e. The van der Waals surface area contributed by atoms with Gasteiger partial charge in [0.25, 0.3) is 5.91 Å². The molecule has 1 aromatic rings. The first kappa shape index (κ1) is 14.2. The number of rotatable bonds is 4. The lowest BCUT2D eigenvalue weighted by Crippen LogP contribution is -2.38. The van der Waals surface area contributed by atoms with Gasteiger partial charge >= 0.3 is 0 Å². The van der Waals surface area contributed by atoms with Gasteiger partial charge in [-0.05, 0) is 53.9 Å². The van der Waals surface area contributed by atoms with Crippen LogP contribution in [0.1, 0.15) is 19.8 Å². The minimum atomic E-state index is -0.470. The van der Waals surface area contributed by atoms with Crippen LogP contribution < -0.4 is 9.47 Å². The highest BCUT2D eigenvalue weighted by Crippen LogP contribution is 2.30. The Morgan fingerprint density at radius 3 is 2.63 bits per heavy atom. The summed E-state index contributed by atoms with van der Waals surface area (Å²) < 4.78 is 11.6. The number of amides is 1. The lowest BCUT2D eigenvalue weighted by atomic mass is 10.3. The number of hydrogen-bond donors (Lipinski definition) is 0. The third-order valence-corrected chi connectivity index (χ3v) is 3.83. The number of halogens is 1. The molecule has 104 valence electrons. The average molecular weight is 328 g/mol. The molecule has 0 aromatic heterocycles. The molecule has 1 amide bonds. The monoisotopic (exact) mass is 327 g/mol. The summed E-state index contributed by atoms with van der Waals surface area (Å²) in [6, 6.07) is 5.44. The van der Waals surface area contributed by atoms with E-state index in [0.717, 1.165) is 36.2 Å². The van der Waals surface area contributed by atoms with Gasteiger partial charge in [0.15, 0.2) is 6.10 Å². The summed E-state index contributed by atoms with van der Waals surface area (Å²) in [7, 11) is 1.61. The second-order valence-corrected chi connectivity index (χ2v) is 5.44. The van der Waals surface area contributed by atoms with E-state index in [-0.39, 0.29) is 5.91 Å². The topological polar surface area (TPSA) is 38.8 Å². The smallest absolute Gasteiger partial charge is 0.263 e. The molecule has 1 aliphatic rings. The molecule has 2 rings (SSSR count). The first-order valence-corrected chi connectivity index (χ1v) is 7.20. The molecular weight excluding hydrogens is 310 g/mol. The lowest BCUT2D eigenvalue weighted by Gasteiger charge is -2.21. The van der Waals surface area contributed by atoms with E-state index in [9.17, 15) is 4.79 Å². The van der Waals surface area contributed by atoms with E-state index >= 15 is 0 Å². The van der Waals surface area contributed by atoms with Gasteiger partial charge in [0.2, 0.25) is 0 Å². The highest BCUT2D eigenvalue weighted by molar-refractivity contribution is 9.10. The summed E-state index contributed by atoms with van der Waals surface area (Å²) in [5, 5.41) is 0. The Hall–Kier alpha value is -1.23. The summed E-state index contributed by atoms with van der Waals surface area (Å²) >= 11 is 3.42. The molecule has 0 saturated carbocycles. The summed E-state index contributed by atoms with van der Waals surface area (Å²) in [5.41, 5.74) is 0. The van der Waals surface area contributed by atoms with Crippen LogP contribution in [0.3, 0.4) is 0 Å². The summed E-state index contributed by atoms with van der Waals surface area (Å²) in [4.78, 5) is 14.0. The lowest BCUT2D eigenvalue weighted by molar-refractivity contribution is -0.136. The highest BCUT2D eigenvalue weighted by atomic mass is 79.9. The zero-order valence-electron chi connectivity index (χ0n) is 11.2. The normalized spacial score (nSPS) is 16.3. The van der Waals surface area contributed by atoms with Crippen LogP contribution in [0.25, 0.3) is 0 Å². The van der Waals surface area contributed by atoms with E-state index in [1.54, 1.807) is 20.1 Å². The van der Waals surface area contributed by atoms with Gasteiger partial charge in [0.1, 0.15) is 11.5 Å². The molecular formula is C14H18BrNO3. The molecule has 1 aromatic carbocycles. The maximum absolute atomic E-state index is 12.1. The van der Waals surface area contributed by atoms with E-state index in [2.05, 4.69) is 15.9 Å². The van der Waals surface area contributed by atoms with Crippen LogP contribution in [0.5, 0.6) is 11.5 Å². The Morgan fingerprint density at radius 2 is 2.05 bits per heavy atom. The van der Waals surface area contributed by atoms with E-state index in [0.29, 0.717) is 5.75 Å². The van der Waals surface area contributed by atoms with Gasteiger partial charge in [0.05, 0.1) is 11.6 Å². The van der Waals surface area contributed by atoms with Crippen LogP contribution in [-0.4, -0.2) is 37.1 Å². The first-order valence-electron chi connectivity index (χ1n) is 6.41. The molecule has 5 heteroatoms. The molecule has 19 heavy (non-hydrogen) atoms. The van der Waals surface area contributed by atoms with Gasteiger partial charge in [-0.25, -0.2) is 0 Å². The van der Waals surface area contributed by atoms with Crippen molar-refractivity contribution in [2.75, 3.05) is 20.2 Å². The number of carbonyl (C=O) groups is 1. The molecule has 1 heterocycles. The molecule has 0 spiro atoms. The average Bonchev–Trinajstić information content (AvgIpc) is 2.94. The van der Waals surface area contributed by atoms with Crippen molar-refractivity contribution in [2.45, 2.75) is 25.9 Å². The van der Waals surface area contributed by atoms with E-state index in [1.807, 2.05) is 17.0 Å². The van der Waals surface area contributed by atoms with Crippen molar-refractivity contribution in [3.05, 3.63) is 22.7 Å². The van der Waals surface area contributed by atoms with Crippen molar-refractivity contribution in [1.82, 2.24) is 4.90 Å². The van der Waals surface area contributed by atoms with Crippen LogP contribution in [-0.2, 0) is 4.79 Å². The first-order chi connectivity index (χ1) is 9.11. The quantitative estimate of drug-likeness (QED) is 0.853. The van der Waals surface area contributed by atoms with Crippen molar-refractivity contribution in [3.8, 4) is 11.5 Å². The van der Waals surface area contributed by atoms with Crippen LogP contribution in [0, 0.1) is 0 Å². The third-order valence-electron chi connectivity index (χ3n) is 3.21. The Labute approximate surface area is 121 Å². The third kappa shape index (κ3) is 3.41. The van der Waals surface area contributed by atoms with E-state index in [1.165, 1.54) is 0 Å². The van der Waals surface area contributed by atoms with Crippen LogP contribution >= 0.6 is 15.9 Å². The Kier molecular flexibility index (Phi) is 4.69.